The van der Waals surface area contributed by atoms with Gasteiger partial charge in [-0.2, -0.15) is 0 Å². The highest BCUT2D eigenvalue weighted by molar-refractivity contribution is 4.74. The molecule has 3 heteroatoms. The Kier molecular flexibility index (Phi) is 6.32. The lowest BCUT2D eigenvalue weighted by molar-refractivity contribution is 0.0671. The van der Waals surface area contributed by atoms with Crippen molar-refractivity contribution in [2.75, 3.05) is 19.7 Å². The highest BCUT2D eigenvalue weighted by Crippen LogP contribution is 2.28. The summed E-state index contributed by atoms with van der Waals surface area (Å²) in [6, 6.07) is 0.394. The van der Waals surface area contributed by atoms with Gasteiger partial charge in [0.15, 0.2) is 0 Å². The predicted molar refractivity (Wildman–Crippen MR) is 66.4 cm³/mol. The number of aliphatic hydroxyl groups is 2. The van der Waals surface area contributed by atoms with Crippen molar-refractivity contribution < 1.29 is 10.2 Å². The van der Waals surface area contributed by atoms with Gasteiger partial charge in [0, 0.05) is 19.1 Å². The van der Waals surface area contributed by atoms with Gasteiger partial charge in [-0.1, -0.05) is 25.7 Å². The van der Waals surface area contributed by atoms with Crippen LogP contribution in [0, 0.1) is 5.92 Å². The third kappa shape index (κ3) is 4.81. The molecule has 0 aromatic heterocycles. The van der Waals surface area contributed by atoms with Gasteiger partial charge in [0.25, 0.3) is 0 Å². The molecule has 3 nitrogen and oxygen atoms in total. The molecule has 1 rings (SSSR count). The second-order valence-electron chi connectivity index (χ2n) is 5.35. The Morgan fingerprint density at radius 1 is 1.25 bits per heavy atom. The Hall–Kier alpha value is -0.120. The largest absolute Gasteiger partial charge is 0.395 e. The molecule has 1 saturated carbocycles. The van der Waals surface area contributed by atoms with Crippen LogP contribution in [-0.2, 0) is 0 Å². The van der Waals surface area contributed by atoms with Crippen LogP contribution < -0.4 is 0 Å². The summed E-state index contributed by atoms with van der Waals surface area (Å²) in [5, 5.41) is 19.0. The second kappa shape index (κ2) is 7.25. The molecule has 0 aliphatic heterocycles. The minimum atomic E-state index is -0.225. The van der Waals surface area contributed by atoms with Crippen molar-refractivity contribution in [3.63, 3.8) is 0 Å². The molecule has 0 heterocycles. The first kappa shape index (κ1) is 13.9. The molecule has 1 atom stereocenters. The number of hydrogen-bond acceptors (Lipinski definition) is 3. The van der Waals surface area contributed by atoms with Gasteiger partial charge in [0.1, 0.15) is 0 Å². The highest BCUT2D eigenvalue weighted by atomic mass is 16.3. The molecule has 0 spiro atoms. The van der Waals surface area contributed by atoms with Crippen LogP contribution in [0.15, 0.2) is 0 Å². The Morgan fingerprint density at radius 2 is 1.88 bits per heavy atom. The van der Waals surface area contributed by atoms with Gasteiger partial charge >= 0.3 is 0 Å². The lowest BCUT2D eigenvalue weighted by Crippen LogP contribution is -2.39. The monoisotopic (exact) mass is 229 g/mol. The number of nitrogens with zero attached hydrogens (tertiary/aromatic N) is 1. The highest BCUT2D eigenvalue weighted by Gasteiger charge is 2.21. The number of rotatable bonds is 7. The SMILES string of the molecule is CC(C)N(CCO)CC(O)CC1CCCC1. The van der Waals surface area contributed by atoms with Crippen LogP contribution in [0.2, 0.25) is 0 Å². The van der Waals surface area contributed by atoms with Gasteiger partial charge in [-0.3, -0.25) is 4.90 Å². The average molecular weight is 229 g/mol. The van der Waals surface area contributed by atoms with E-state index in [1.54, 1.807) is 0 Å². The first-order valence-corrected chi connectivity index (χ1v) is 6.66. The van der Waals surface area contributed by atoms with Gasteiger partial charge in [-0.05, 0) is 26.2 Å². The van der Waals surface area contributed by atoms with E-state index in [1.807, 2.05) is 0 Å². The quantitative estimate of drug-likeness (QED) is 0.697. The molecule has 0 radical (unpaired) electrons. The van der Waals surface area contributed by atoms with Crippen LogP contribution in [0.25, 0.3) is 0 Å². The van der Waals surface area contributed by atoms with E-state index in [0.717, 1.165) is 12.3 Å². The summed E-state index contributed by atoms with van der Waals surface area (Å²) in [6.45, 7) is 5.76. The summed E-state index contributed by atoms with van der Waals surface area (Å²) >= 11 is 0. The van der Waals surface area contributed by atoms with E-state index in [4.69, 9.17) is 5.11 Å². The van der Waals surface area contributed by atoms with Crippen molar-refractivity contribution in [3.05, 3.63) is 0 Å². The predicted octanol–water partition coefficient (Wildman–Crippen LogP) is 1.63. The number of aliphatic hydroxyl groups excluding tert-OH is 2. The summed E-state index contributed by atoms with van der Waals surface area (Å²) in [4.78, 5) is 2.15. The molecule has 0 bridgehead atoms. The van der Waals surface area contributed by atoms with Crippen molar-refractivity contribution in [1.29, 1.82) is 0 Å². The van der Waals surface area contributed by atoms with E-state index in [0.29, 0.717) is 19.1 Å². The van der Waals surface area contributed by atoms with E-state index < -0.39 is 0 Å². The lowest BCUT2D eigenvalue weighted by Gasteiger charge is -2.28. The molecule has 0 saturated heterocycles. The van der Waals surface area contributed by atoms with Crippen LogP contribution in [0.4, 0.5) is 0 Å². The van der Waals surface area contributed by atoms with E-state index in [2.05, 4.69) is 18.7 Å². The molecule has 2 N–H and O–H groups in total. The molecule has 0 aromatic rings. The van der Waals surface area contributed by atoms with E-state index in [9.17, 15) is 5.11 Å². The van der Waals surface area contributed by atoms with Crippen molar-refractivity contribution in [3.8, 4) is 0 Å². The van der Waals surface area contributed by atoms with Crippen LogP contribution in [-0.4, -0.2) is 47.0 Å². The fourth-order valence-corrected chi connectivity index (χ4v) is 2.66. The van der Waals surface area contributed by atoms with Crippen molar-refractivity contribution in [1.82, 2.24) is 4.90 Å². The molecule has 96 valence electrons. The van der Waals surface area contributed by atoms with Crippen LogP contribution in [0.3, 0.4) is 0 Å². The summed E-state index contributed by atoms with van der Waals surface area (Å²) in [5.74, 6) is 0.734. The first-order valence-electron chi connectivity index (χ1n) is 6.66. The Balaban J connectivity index is 2.26. The third-order valence-corrected chi connectivity index (χ3v) is 3.64. The maximum absolute atomic E-state index is 10.0. The van der Waals surface area contributed by atoms with Gasteiger partial charge in [-0.15, -0.1) is 0 Å². The summed E-state index contributed by atoms with van der Waals surface area (Å²) in [5.41, 5.74) is 0. The second-order valence-corrected chi connectivity index (χ2v) is 5.35. The first-order chi connectivity index (χ1) is 7.63. The molecular formula is C13H27NO2. The molecule has 1 fully saturated rings. The Morgan fingerprint density at radius 3 is 2.38 bits per heavy atom. The van der Waals surface area contributed by atoms with E-state index in [-0.39, 0.29) is 12.7 Å². The average Bonchev–Trinajstić information content (AvgIpc) is 2.69. The zero-order valence-electron chi connectivity index (χ0n) is 10.7. The smallest absolute Gasteiger partial charge is 0.0669 e. The zero-order chi connectivity index (χ0) is 12.0. The molecule has 1 aliphatic carbocycles. The third-order valence-electron chi connectivity index (χ3n) is 3.64. The van der Waals surface area contributed by atoms with Crippen molar-refractivity contribution >= 4 is 0 Å². The molecule has 0 amide bonds. The lowest BCUT2D eigenvalue weighted by atomic mass is 9.99. The van der Waals surface area contributed by atoms with Crippen molar-refractivity contribution in [2.45, 2.75) is 58.1 Å². The van der Waals surface area contributed by atoms with Gasteiger partial charge in [-0.25, -0.2) is 0 Å². The molecule has 16 heavy (non-hydrogen) atoms. The molecular weight excluding hydrogens is 202 g/mol. The summed E-state index contributed by atoms with van der Waals surface area (Å²) in [7, 11) is 0. The van der Waals surface area contributed by atoms with Gasteiger partial charge < -0.3 is 10.2 Å². The standard InChI is InChI=1S/C13H27NO2/c1-11(2)14(7-8-15)10-13(16)9-12-5-3-4-6-12/h11-13,15-16H,3-10H2,1-2H3. The molecule has 0 aromatic carbocycles. The van der Waals surface area contributed by atoms with Crippen LogP contribution in [0.1, 0.15) is 46.0 Å². The Bertz CT molecular complexity index is 179. The maximum Gasteiger partial charge on any atom is 0.0669 e. The van der Waals surface area contributed by atoms with Crippen LogP contribution >= 0.6 is 0 Å². The topological polar surface area (TPSA) is 43.7 Å². The van der Waals surface area contributed by atoms with Crippen molar-refractivity contribution in [2.24, 2.45) is 5.92 Å². The molecule has 1 unspecified atom stereocenters. The fourth-order valence-electron chi connectivity index (χ4n) is 2.66. The van der Waals surface area contributed by atoms with E-state index >= 15 is 0 Å². The van der Waals surface area contributed by atoms with E-state index in [1.165, 1.54) is 25.7 Å². The maximum atomic E-state index is 10.0. The fraction of sp³-hybridized carbons (Fsp3) is 1.00. The Labute approximate surface area is 99.5 Å². The minimum absolute atomic E-state index is 0.175. The van der Waals surface area contributed by atoms with Gasteiger partial charge in [0.2, 0.25) is 0 Å². The molecule has 1 aliphatic rings. The zero-order valence-corrected chi connectivity index (χ0v) is 10.7. The summed E-state index contributed by atoms with van der Waals surface area (Å²) < 4.78 is 0. The van der Waals surface area contributed by atoms with Gasteiger partial charge in [0.05, 0.1) is 12.7 Å². The normalized spacial score (nSPS) is 19.9. The van der Waals surface area contributed by atoms with Crippen LogP contribution in [0.5, 0.6) is 0 Å². The minimum Gasteiger partial charge on any atom is -0.395 e. The summed E-state index contributed by atoms with van der Waals surface area (Å²) in [6.07, 6.45) is 5.97. The number of hydrogen-bond donors (Lipinski definition) is 2.